The highest BCUT2D eigenvalue weighted by atomic mass is 16.5. The fraction of sp³-hybridized carbons (Fsp3) is 1.00. The van der Waals surface area contributed by atoms with Gasteiger partial charge in [-0.1, -0.05) is 19.3 Å². The molecule has 1 aliphatic carbocycles. The SMILES string of the molecule is COCCCC1(CN)CCCCC1. The first-order chi connectivity index (χ1) is 6.33. The van der Waals surface area contributed by atoms with Gasteiger partial charge in [-0.15, -0.1) is 0 Å². The third kappa shape index (κ3) is 3.28. The second kappa shape index (κ2) is 5.61. The maximum absolute atomic E-state index is 5.88. The molecule has 0 aliphatic heterocycles. The van der Waals surface area contributed by atoms with E-state index in [0.29, 0.717) is 5.41 Å². The van der Waals surface area contributed by atoms with Gasteiger partial charge in [0.2, 0.25) is 0 Å². The summed E-state index contributed by atoms with van der Waals surface area (Å²) in [6, 6.07) is 0. The summed E-state index contributed by atoms with van der Waals surface area (Å²) in [5.41, 5.74) is 6.35. The predicted molar refractivity (Wildman–Crippen MR) is 55.7 cm³/mol. The molecule has 0 saturated heterocycles. The Morgan fingerprint density at radius 3 is 2.46 bits per heavy atom. The van der Waals surface area contributed by atoms with Gasteiger partial charge in [-0.2, -0.15) is 0 Å². The van der Waals surface area contributed by atoms with E-state index in [1.807, 2.05) is 0 Å². The molecule has 1 aliphatic rings. The topological polar surface area (TPSA) is 35.2 Å². The van der Waals surface area contributed by atoms with Crippen molar-refractivity contribution >= 4 is 0 Å². The zero-order valence-corrected chi connectivity index (χ0v) is 8.85. The van der Waals surface area contributed by atoms with Gasteiger partial charge in [0.15, 0.2) is 0 Å². The third-order valence-corrected chi connectivity index (χ3v) is 3.40. The molecule has 0 unspecified atom stereocenters. The second-order valence-electron chi connectivity index (χ2n) is 4.36. The van der Waals surface area contributed by atoms with Gasteiger partial charge in [0.05, 0.1) is 0 Å². The highest BCUT2D eigenvalue weighted by molar-refractivity contribution is 4.83. The Balaban J connectivity index is 2.29. The van der Waals surface area contributed by atoms with Crippen molar-refractivity contribution in [2.75, 3.05) is 20.3 Å². The fourth-order valence-corrected chi connectivity index (χ4v) is 2.45. The minimum absolute atomic E-state index is 0.469. The summed E-state index contributed by atoms with van der Waals surface area (Å²) < 4.78 is 5.08. The van der Waals surface area contributed by atoms with Crippen LogP contribution in [-0.4, -0.2) is 20.3 Å². The van der Waals surface area contributed by atoms with E-state index in [2.05, 4.69) is 0 Å². The Bertz CT molecular complexity index is 130. The Kier molecular flexibility index (Phi) is 4.74. The number of hydrogen-bond acceptors (Lipinski definition) is 2. The third-order valence-electron chi connectivity index (χ3n) is 3.40. The van der Waals surface area contributed by atoms with E-state index in [1.165, 1.54) is 44.9 Å². The molecular weight excluding hydrogens is 162 g/mol. The lowest BCUT2D eigenvalue weighted by Gasteiger charge is -2.36. The summed E-state index contributed by atoms with van der Waals surface area (Å²) in [6.45, 7) is 1.76. The standard InChI is InChI=1S/C11H23NO/c1-13-9-5-8-11(10-12)6-3-2-4-7-11/h2-10,12H2,1H3. The van der Waals surface area contributed by atoms with Crippen LogP contribution in [0.1, 0.15) is 44.9 Å². The molecule has 0 amide bonds. The molecule has 0 heterocycles. The van der Waals surface area contributed by atoms with Gasteiger partial charge >= 0.3 is 0 Å². The molecule has 2 heteroatoms. The first-order valence-electron chi connectivity index (χ1n) is 5.52. The zero-order chi connectivity index (χ0) is 9.57. The minimum Gasteiger partial charge on any atom is -0.385 e. The van der Waals surface area contributed by atoms with Crippen LogP contribution in [0.15, 0.2) is 0 Å². The molecule has 1 fully saturated rings. The van der Waals surface area contributed by atoms with Crippen LogP contribution in [0.4, 0.5) is 0 Å². The quantitative estimate of drug-likeness (QED) is 0.667. The maximum atomic E-state index is 5.88. The van der Waals surface area contributed by atoms with Crippen LogP contribution in [-0.2, 0) is 4.74 Å². The molecule has 0 aromatic rings. The van der Waals surface area contributed by atoms with E-state index >= 15 is 0 Å². The molecule has 1 saturated carbocycles. The van der Waals surface area contributed by atoms with Crippen LogP contribution in [0, 0.1) is 5.41 Å². The molecule has 0 bridgehead atoms. The van der Waals surface area contributed by atoms with Gasteiger partial charge in [-0.05, 0) is 37.6 Å². The van der Waals surface area contributed by atoms with Crippen molar-refractivity contribution in [2.24, 2.45) is 11.1 Å². The Morgan fingerprint density at radius 2 is 1.92 bits per heavy atom. The van der Waals surface area contributed by atoms with Gasteiger partial charge in [0.25, 0.3) is 0 Å². The average Bonchev–Trinajstić information content (AvgIpc) is 2.20. The van der Waals surface area contributed by atoms with Crippen LogP contribution in [0.25, 0.3) is 0 Å². The average molecular weight is 185 g/mol. The summed E-state index contributed by atoms with van der Waals surface area (Å²) in [5, 5.41) is 0. The van der Waals surface area contributed by atoms with Crippen molar-refractivity contribution in [3.05, 3.63) is 0 Å². The van der Waals surface area contributed by atoms with Crippen molar-refractivity contribution in [2.45, 2.75) is 44.9 Å². The summed E-state index contributed by atoms with van der Waals surface area (Å²) >= 11 is 0. The van der Waals surface area contributed by atoms with Gasteiger partial charge in [-0.25, -0.2) is 0 Å². The molecule has 2 N–H and O–H groups in total. The van der Waals surface area contributed by atoms with E-state index in [9.17, 15) is 0 Å². The van der Waals surface area contributed by atoms with Gasteiger partial charge in [-0.3, -0.25) is 0 Å². The molecule has 2 nitrogen and oxygen atoms in total. The number of methoxy groups -OCH3 is 1. The fourth-order valence-electron chi connectivity index (χ4n) is 2.45. The van der Waals surface area contributed by atoms with E-state index in [4.69, 9.17) is 10.5 Å². The first kappa shape index (κ1) is 11.0. The van der Waals surface area contributed by atoms with Crippen LogP contribution in [0.2, 0.25) is 0 Å². The molecule has 78 valence electrons. The van der Waals surface area contributed by atoms with E-state index < -0.39 is 0 Å². The predicted octanol–water partition coefficient (Wildman–Crippen LogP) is 2.32. The highest BCUT2D eigenvalue weighted by Gasteiger charge is 2.29. The van der Waals surface area contributed by atoms with Crippen molar-refractivity contribution in [3.63, 3.8) is 0 Å². The minimum atomic E-state index is 0.469. The number of hydrogen-bond donors (Lipinski definition) is 1. The van der Waals surface area contributed by atoms with Crippen molar-refractivity contribution in [1.29, 1.82) is 0 Å². The molecular formula is C11H23NO. The summed E-state index contributed by atoms with van der Waals surface area (Å²) in [6.07, 6.45) is 9.28. The smallest absolute Gasteiger partial charge is 0.0462 e. The molecule has 1 rings (SSSR count). The monoisotopic (exact) mass is 185 g/mol. The normalized spacial score (nSPS) is 21.7. The number of rotatable bonds is 5. The van der Waals surface area contributed by atoms with Crippen molar-refractivity contribution in [3.8, 4) is 0 Å². The van der Waals surface area contributed by atoms with Crippen molar-refractivity contribution in [1.82, 2.24) is 0 Å². The lowest BCUT2D eigenvalue weighted by atomic mass is 9.71. The molecule has 0 atom stereocenters. The maximum Gasteiger partial charge on any atom is 0.0462 e. The summed E-state index contributed by atoms with van der Waals surface area (Å²) in [5.74, 6) is 0. The largest absolute Gasteiger partial charge is 0.385 e. The van der Waals surface area contributed by atoms with E-state index in [1.54, 1.807) is 7.11 Å². The van der Waals surface area contributed by atoms with Crippen LogP contribution >= 0.6 is 0 Å². The lowest BCUT2D eigenvalue weighted by Crippen LogP contribution is -2.33. The Hall–Kier alpha value is -0.0800. The van der Waals surface area contributed by atoms with Gasteiger partial charge < -0.3 is 10.5 Å². The van der Waals surface area contributed by atoms with Crippen molar-refractivity contribution < 1.29 is 4.74 Å². The second-order valence-corrected chi connectivity index (χ2v) is 4.36. The van der Waals surface area contributed by atoms with Crippen LogP contribution in [0.3, 0.4) is 0 Å². The van der Waals surface area contributed by atoms with E-state index in [0.717, 1.165) is 13.2 Å². The lowest BCUT2D eigenvalue weighted by molar-refractivity contribution is 0.139. The van der Waals surface area contributed by atoms with E-state index in [-0.39, 0.29) is 0 Å². The molecule has 0 aromatic carbocycles. The Morgan fingerprint density at radius 1 is 1.23 bits per heavy atom. The zero-order valence-electron chi connectivity index (χ0n) is 8.85. The summed E-state index contributed by atoms with van der Waals surface area (Å²) in [7, 11) is 1.77. The van der Waals surface area contributed by atoms with Crippen LogP contribution < -0.4 is 5.73 Å². The van der Waals surface area contributed by atoms with Gasteiger partial charge in [0, 0.05) is 13.7 Å². The molecule has 0 spiro atoms. The highest BCUT2D eigenvalue weighted by Crippen LogP contribution is 2.39. The molecule has 13 heavy (non-hydrogen) atoms. The van der Waals surface area contributed by atoms with Crippen LogP contribution in [0.5, 0.6) is 0 Å². The first-order valence-corrected chi connectivity index (χ1v) is 5.52. The van der Waals surface area contributed by atoms with Gasteiger partial charge in [0.1, 0.15) is 0 Å². The number of nitrogens with two attached hydrogens (primary N) is 1. The Labute approximate surface area is 81.8 Å². The molecule has 0 aromatic heterocycles. The number of ether oxygens (including phenoxy) is 1. The summed E-state index contributed by atoms with van der Waals surface area (Å²) in [4.78, 5) is 0. The molecule has 0 radical (unpaired) electrons.